The summed E-state index contributed by atoms with van der Waals surface area (Å²) in [4.78, 5) is 29.7. The molecule has 2 atom stereocenters. The Labute approximate surface area is 112 Å². The number of piperazine rings is 1. The van der Waals surface area contributed by atoms with E-state index >= 15 is 0 Å². The van der Waals surface area contributed by atoms with Crippen molar-refractivity contribution in [2.24, 2.45) is 0 Å². The first-order chi connectivity index (χ1) is 9.06. The molecule has 2 unspecified atom stereocenters. The molecule has 0 radical (unpaired) electrons. The normalized spacial score (nSPS) is 23.6. The molecule has 6 nitrogen and oxygen atoms in total. The van der Waals surface area contributed by atoms with Gasteiger partial charge in [-0.3, -0.25) is 9.59 Å². The summed E-state index contributed by atoms with van der Waals surface area (Å²) in [6.45, 7) is 5.80. The molecule has 0 saturated carbocycles. The predicted molar refractivity (Wildman–Crippen MR) is 68.1 cm³/mol. The van der Waals surface area contributed by atoms with Crippen molar-refractivity contribution in [3.8, 4) is 0 Å². The van der Waals surface area contributed by atoms with E-state index in [1.54, 1.807) is 13.1 Å². The lowest BCUT2D eigenvalue weighted by Gasteiger charge is -2.36. The number of aromatic nitrogens is 1. The molecule has 2 heterocycles. The molecule has 19 heavy (non-hydrogen) atoms. The van der Waals surface area contributed by atoms with Gasteiger partial charge in [-0.15, -0.1) is 0 Å². The van der Waals surface area contributed by atoms with Gasteiger partial charge in [0, 0.05) is 6.42 Å². The maximum absolute atomic E-state index is 12.2. The molecule has 2 rings (SSSR count). The van der Waals surface area contributed by atoms with Gasteiger partial charge in [-0.1, -0.05) is 13.8 Å². The molecule has 0 aromatic carbocycles. The quantitative estimate of drug-likeness (QED) is 0.876. The van der Waals surface area contributed by atoms with Gasteiger partial charge in [0.25, 0.3) is 0 Å². The number of nitrogens with one attached hydrogen (secondary N) is 1. The molecule has 0 spiro atoms. The number of nitrogens with zero attached hydrogens (tertiary/aromatic N) is 2. The Hall–Kier alpha value is -1.85. The van der Waals surface area contributed by atoms with Crippen LogP contribution < -0.4 is 5.32 Å². The number of amides is 2. The molecule has 1 saturated heterocycles. The largest absolute Gasteiger partial charge is 0.444 e. The van der Waals surface area contributed by atoms with Crippen LogP contribution in [0.15, 0.2) is 10.6 Å². The molecule has 104 valence electrons. The third kappa shape index (κ3) is 2.62. The van der Waals surface area contributed by atoms with Crippen molar-refractivity contribution in [1.29, 1.82) is 0 Å². The lowest BCUT2D eigenvalue weighted by atomic mass is 10.1. The van der Waals surface area contributed by atoms with E-state index in [0.29, 0.717) is 12.3 Å². The number of carbonyl (C=O) groups is 2. The average molecular weight is 265 g/mol. The zero-order valence-electron chi connectivity index (χ0n) is 11.5. The maximum Gasteiger partial charge on any atom is 0.246 e. The summed E-state index contributed by atoms with van der Waals surface area (Å²) < 4.78 is 5.50. The van der Waals surface area contributed by atoms with E-state index < -0.39 is 12.1 Å². The van der Waals surface area contributed by atoms with Gasteiger partial charge in [-0.25, -0.2) is 4.98 Å². The van der Waals surface area contributed by atoms with Gasteiger partial charge in [0.1, 0.15) is 17.8 Å². The number of oxazole rings is 1. The molecular weight excluding hydrogens is 246 g/mol. The molecule has 1 aliphatic rings. The molecule has 1 N–H and O–H groups in total. The van der Waals surface area contributed by atoms with Gasteiger partial charge >= 0.3 is 0 Å². The number of rotatable bonds is 4. The Morgan fingerprint density at radius 3 is 2.74 bits per heavy atom. The Bertz CT molecular complexity index is 483. The van der Waals surface area contributed by atoms with Gasteiger partial charge in [0.2, 0.25) is 17.7 Å². The molecule has 1 aromatic rings. The second-order valence-electron chi connectivity index (χ2n) is 4.69. The van der Waals surface area contributed by atoms with Crippen molar-refractivity contribution in [1.82, 2.24) is 15.2 Å². The van der Waals surface area contributed by atoms with Gasteiger partial charge in [-0.2, -0.15) is 0 Å². The van der Waals surface area contributed by atoms with Crippen molar-refractivity contribution in [2.75, 3.05) is 0 Å². The standard InChI is InChI=1S/C13H19N3O3/c1-4-9-6-14-11(19-9)7-16-8(3)12(17)15-10(5-2)13(16)18/h6,8,10H,4-5,7H2,1-3H3,(H,15,17). The second kappa shape index (κ2) is 5.42. The number of carbonyl (C=O) groups excluding carboxylic acids is 2. The Balaban J connectivity index is 2.15. The van der Waals surface area contributed by atoms with Gasteiger partial charge in [-0.05, 0) is 13.3 Å². The van der Waals surface area contributed by atoms with Crippen LogP contribution in [0.4, 0.5) is 0 Å². The van der Waals surface area contributed by atoms with E-state index in [4.69, 9.17) is 4.42 Å². The fourth-order valence-corrected chi connectivity index (χ4v) is 2.11. The van der Waals surface area contributed by atoms with Crippen molar-refractivity contribution in [3.05, 3.63) is 17.8 Å². The summed E-state index contributed by atoms with van der Waals surface area (Å²) in [7, 11) is 0. The SMILES string of the molecule is CCc1cnc(CN2C(=O)C(CC)NC(=O)C2C)o1. The van der Waals surface area contributed by atoms with Crippen LogP contribution in [0.3, 0.4) is 0 Å². The van der Waals surface area contributed by atoms with Gasteiger partial charge in [0.05, 0.1) is 12.7 Å². The minimum absolute atomic E-state index is 0.0779. The van der Waals surface area contributed by atoms with E-state index in [1.165, 1.54) is 4.90 Å². The highest BCUT2D eigenvalue weighted by molar-refractivity contribution is 5.96. The summed E-state index contributed by atoms with van der Waals surface area (Å²) in [5.41, 5.74) is 0. The van der Waals surface area contributed by atoms with E-state index in [9.17, 15) is 9.59 Å². The van der Waals surface area contributed by atoms with Crippen molar-refractivity contribution in [2.45, 2.75) is 52.2 Å². The highest BCUT2D eigenvalue weighted by atomic mass is 16.4. The van der Waals surface area contributed by atoms with E-state index in [2.05, 4.69) is 10.3 Å². The first kappa shape index (κ1) is 13.6. The maximum atomic E-state index is 12.2. The summed E-state index contributed by atoms with van der Waals surface area (Å²) in [6, 6.07) is -0.934. The molecule has 0 aliphatic carbocycles. The zero-order chi connectivity index (χ0) is 14.0. The minimum atomic E-state index is -0.493. The smallest absolute Gasteiger partial charge is 0.246 e. The molecule has 1 aromatic heterocycles. The molecule has 0 bridgehead atoms. The molecule has 2 amide bonds. The number of hydrogen-bond donors (Lipinski definition) is 1. The number of aryl methyl sites for hydroxylation is 1. The van der Waals surface area contributed by atoms with Crippen molar-refractivity contribution in [3.63, 3.8) is 0 Å². The fourth-order valence-electron chi connectivity index (χ4n) is 2.11. The van der Waals surface area contributed by atoms with Crippen LogP contribution >= 0.6 is 0 Å². The first-order valence-corrected chi connectivity index (χ1v) is 6.61. The van der Waals surface area contributed by atoms with Crippen LogP contribution in [0.25, 0.3) is 0 Å². The van der Waals surface area contributed by atoms with Gasteiger partial charge < -0.3 is 14.6 Å². The van der Waals surface area contributed by atoms with Crippen molar-refractivity contribution < 1.29 is 14.0 Å². The van der Waals surface area contributed by atoms with Crippen LogP contribution in [-0.2, 0) is 22.6 Å². The first-order valence-electron chi connectivity index (χ1n) is 6.61. The van der Waals surface area contributed by atoms with E-state index in [-0.39, 0.29) is 18.4 Å². The molecule has 1 fully saturated rings. The zero-order valence-corrected chi connectivity index (χ0v) is 11.5. The Kier molecular flexibility index (Phi) is 3.87. The lowest BCUT2D eigenvalue weighted by molar-refractivity contribution is -0.149. The van der Waals surface area contributed by atoms with Crippen LogP contribution in [0.5, 0.6) is 0 Å². The highest BCUT2D eigenvalue weighted by Gasteiger charge is 2.37. The summed E-state index contributed by atoms with van der Waals surface area (Å²) in [6.07, 6.45) is 3.00. The second-order valence-corrected chi connectivity index (χ2v) is 4.69. The van der Waals surface area contributed by atoms with Crippen LogP contribution in [0.1, 0.15) is 38.8 Å². The Morgan fingerprint density at radius 1 is 1.42 bits per heavy atom. The summed E-state index contributed by atoms with van der Waals surface area (Å²) in [5.74, 6) is 1.05. The molecule has 6 heteroatoms. The monoisotopic (exact) mass is 265 g/mol. The average Bonchev–Trinajstić information content (AvgIpc) is 2.86. The third-order valence-electron chi connectivity index (χ3n) is 3.41. The van der Waals surface area contributed by atoms with Crippen LogP contribution in [0.2, 0.25) is 0 Å². The number of hydrogen-bond acceptors (Lipinski definition) is 4. The van der Waals surface area contributed by atoms with E-state index in [0.717, 1.165) is 12.2 Å². The van der Waals surface area contributed by atoms with E-state index in [1.807, 2.05) is 13.8 Å². The summed E-state index contributed by atoms with van der Waals surface area (Å²) in [5, 5.41) is 2.72. The Morgan fingerprint density at radius 2 is 2.16 bits per heavy atom. The third-order valence-corrected chi connectivity index (χ3v) is 3.41. The van der Waals surface area contributed by atoms with Gasteiger partial charge in [0.15, 0.2) is 0 Å². The van der Waals surface area contributed by atoms with Crippen molar-refractivity contribution >= 4 is 11.8 Å². The van der Waals surface area contributed by atoms with Crippen LogP contribution in [-0.4, -0.2) is 33.8 Å². The topological polar surface area (TPSA) is 75.4 Å². The summed E-state index contributed by atoms with van der Waals surface area (Å²) >= 11 is 0. The van der Waals surface area contributed by atoms with Crippen LogP contribution in [0, 0.1) is 0 Å². The predicted octanol–water partition coefficient (Wildman–Crippen LogP) is 0.862. The lowest BCUT2D eigenvalue weighted by Crippen LogP contribution is -2.61. The highest BCUT2D eigenvalue weighted by Crippen LogP contribution is 2.16. The molecule has 1 aliphatic heterocycles. The minimum Gasteiger partial charge on any atom is -0.444 e. The molecular formula is C13H19N3O3. The fraction of sp³-hybridized carbons (Fsp3) is 0.615.